The van der Waals surface area contributed by atoms with Crippen molar-refractivity contribution < 1.29 is 9.84 Å². The first-order chi connectivity index (χ1) is 11.0. The van der Waals surface area contributed by atoms with Gasteiger partial charge in [-0.25, -0.2) is 0 Å². The van der Waals surface area contributed by atoms with E-state index in [1.165, 1.54) is 24.0 Å². The Hall–Kier alpha value is -0.940. The molecular weight excluding hydrogens is 288 g/mol. The Morgan fingerprint density at radius 2 is 1.96 bits per heavy atom. The molecule has 0 radical (unpaired) electrons. The molecule has 0 aromatic heterocycles. The molecule has 1 saturated carbocycles. The molecule has 2 fully saturated rings. The van der Waals surface area contributed by atoms with Crippen LogP contribution in [0.5, 0.6) is 0 Å². The monoisotopic (exact) mass is 318 g/mol. The molecule has 3 rings (SSSR count). The number of rotatable bonds is 6. The van der Waals surface area contributed by atoms with Crippen LogP contribution in [0.4, 0.5) is 0 Å². The number of aryl methyl sites for hydroxylation is 1. The van der Waals surface area contributed by atoms with E-state index in [2.05, 4.69) is 41.4 Å². The largest absolute Gasteiger partial charge is 0.388 e. The molecule has 1 aromatic carbocycles. The van der Waals surface area contributed by atoms with Gasteiger partial charge in [-0.3, -0.25) is 4.90 Å². The van der Waals surface area contributed by atoms with Crippen LogP contribution < -0.4 is 5.32 Å². The minimum Gasteiger partial charge on any atom is -0.388 e. The summed E-state index contributed by atoms with van der Waals surface area (Å²) in [4.78, 5) is 2.29. The Labute approximate surface area is 139 Å². The first-order valence-corrected chi connectivity index (χ1v) is 8.85. The van der Waals surface area contributed by atoms with Crippen molar-refractivity contribution in [1.82, 2.24) is 10.2 Å². The second-order valence-electron chi connectivity index (χ2n) is 7.49. The van der Waals surface area contributed by atoms with Crippen molar-refractivity contribution in [3.05, 3.63) is 35.4 Å². The van der Waals surface area contributed by atoms with Gasteiger partial charge in [0.1, 0.15) is 0 Å². The minimum atomic E-state index is -0.676. The van der Waals surface area contributed by atoms with Crippen LogP contribution in [0.25, 0.3) is 0 Å². The van der Waals surface area contributed by atoms with E-state index >= 15 is 0 Å². The molecule has 4 nitrogen and oxygen atoms in total. The van der Waals surface area contributed by atoms with Gasteiger partial charge in [0.05, 0.1) is 18.8 Å². The highest BCUT2D eigenvalue weighted by Crippen LogP contribution is 2.38. The van der Waals surface area contributed by atoms with Crippen molar-refractivity contribution in [2.24, 2.45) is 0 Å². The predicted octanol–water partition coefficient (Wildman–Crippen LogP) is 1.91. The Morgan fingerprint density at radius 1 is 1.26 bits per heavy atom. The lowest BCUT2D eigenvalue weighted by molar-refractivity contribution is -0.0241. The molecule has 1 aromatic rings. The van der Waals surface area contributed by atoms with Crippen LogP contribution in [0.3, 0.4) is 0 Å². The van der Waals surface area contributed by atoms with Gasteiger partial charge in [-0.05, 0) is 43.7 Å². The summed E-state index contributed by atoms with van der Waals surface area (Å²) < 4.78 is 5.36. The van der Waals surface area contributed by atoms with E-state index in [0.29, 0.717) is 18.5 Å². The molecule has 1 aliphatic carbocycles. The fraction of sp³-hybridized carbons (Fsp3) is 0.684. The number of benzene rings is 1. The number of β-amino-alcohol motifs (C(OH)–C–C–N with tert-alkyl or cyclic N) is 1. The first kappa shape index (κ1) is 16.9. The SMILES string of the molecule is Cc1ccccc1C1CC(NCC(C)(O)CN2CCOCC2)C1. The number of nitrogens with one attached hydrogen (secondary N) is 1. The van der Waals surface area contributed by atoms with Gasteiger partial charge < -0.3 is 15.2 Å². The lowest BCUT2D eigenvalue weighted by Crippen LogP contribution is -2.53. The van der Waals surface area contributed by atoms with Crippen LogP contribution in [-0.2, 0) is 4.74 Å². The van der Waals surface area contributed by atoms with Crippen molar-refractivity contribution in [3.63, 3.8) is 0 Å². The molecule has 23 heavy (non-hydrogen) atoms. The molecule has 1 unspecified atom stereocenters. The second kappa shape index (κ2) is 7.31. The van der Waals surface area contributed by atoms with E-state index in [1.807, 2.05) is 6.92 Å². The van der Waals surface area contributed by atoms with Crippen molar-refractivity contribution in [1.29, 1.82) is 0 Å². The average molecular weight is 318 g/mol. The van der Waals surface area contributed by atoms with E-state index < -0.39 is 5.60 Å². The topological polar surface area (TPSA) is 44.7 Å². The summed E-state index contributed by atoms with van der Waals surface area (Å²) >= 11 is 0. The lowest BCUT2D eigenvalue weighted by Gasteiger charge is -2.40. The molecule has 1 atom stereocenters. The number of nitrogens with zero attached hydrogens (tertiary/aromatic N) is 1. The minimum absolute atomic E-state index is 0.538. The number of morpholine rings is 1. The quantitative estimate of drug-likeness (QED) is 0.841. The van der Waals surface area contributed by atoms with Crippen molar-refractivity contribution in [3.8, 4) is 0 Å². The molecule has 1 heterocycles. The van der Waals surface area contributed by atoms with E-state index in [-0.39, 0.29) is 0 Å². The third kappa shape index (κ3) is 4.54. The van der Waals surface area contributed by atoms with E-state index in [9.17, 15) is 5.11 Å². The van der Waals surface area contributed by atoms with Gasteiger partial charge in [0.25, 0.3) is 0 Å². The van der Waals surface area contributed by atoms with Gasteiger partial charge in [-0.1, -0.05) is 24.3 Å². The lowest BCUT2D eigenvalue weighted by atomic mass is 9.74. The number of hydrogen-bond donors (Lipinski definition) is 2. The molecule has 0 amide bonds. The van der Waals surface area contributed by atoms with Crippen LogP contribution in [0.15, 0.2) is 24.3 Å². The highest BCUT2D eigenvalue weighted by atomic mass is 16.5. The zero-order chi connectivity index (χ0) is 16.3. The van der Waals surface area contributed by atoms with Crippen molar-refractivity contribution in [2.45, 2.75) is 44.2 Å². The van der Waals surface area contributed by atoms with Gasteiger partial charge in [0, 0.05) is 32.2 Å². The molecule has 2 N–H and O–H groups in total. The summed E-state index contributed by atoms with van der Waals surface area (Å²) in [5, 5.41) is 14.2. The summed E-state index contributed by atoms with van der Waals surface area (Å²) in [5.41, 5.74) is 2.21. The Kier molecular flexibility index (Phi) is 5.37. The third-order valence-electron chi connectivity index (χ3n) is 5.21. The number of ether oxygens (including phenoxy) is 1. The summed E-state index contributed by atoms with van der Waals surface area (Å²) in [5.74, 6) is 0.679. The zero-order valence-corrected chi connectivity index (χ0v) is 14.4. The van der Waals surface area contributed by atoms with Crippen LogP contribution in [0, 0.1) is 6.92 Å². The Balaban J connectivity index is 1.40. The van der Waals surface area contributed by atoms with Gasteiger partial charge in [0.15, 0.2) is 0 Å². The Bertz CT molecular complexity index is 506. The Morgan fingerprint density at radius 3 is 2.65 bits per heavy atom. The molecule has 128 valence electrons. The normalized spacial score (nSPS) is 28.1. The highest BCUT2D eigenvalue weighted by Gasteiger charge is 2.33. The molecule has 0 bridgehead atoms. The van der Waals surface area contributed by atoms with Gasteiger partial charge >= 0.3 is 0 Å². The fourth-order valence-corrected chi connectivity index (χ4v) is 3.74. The maximum atomic E-state index is 10.6. The van der Waals surface area contributed by atoms with E-state index in [4.69, 9.17) is 4.74 Å². The second-order valence-corrected chi connectivity index (χ2v) is 7.49. The summed E-state index contributed by atoms with van der Waals surface area (Å²) in [7, 11) is 0. The molecule has 1 aliphatic heterocycles. The van der Waals surface area contributed by atoms with Crippen LogP contribution >= 0.6 is 0 Å². The number of hydrogen-bond acceptors (Lipinski definition) is 4. The smallest absolute Gasteiger partial charge is 0.0869 e. The summed E-state index contributed by atoms with van der Waals surface area (Å²) in [6.45, 7) is 8.93. The predicted molar refractivity (Wildman–Crippen MR) is 92.8 cm³/mol. The fourth-order valence-electron chi connectivity index (χ4n) is 3.74. The van der Waals surface area contributed by atoms with E-state index in [0.717, 1.165) is 32.8 Å². The van der Waals surface area contributed by atoms with Crippen LogP contribution in [-0.4, -0.2) is 61.0 Å². The molecule has 2 aliphatic rings. The van der Waals surface area contributed by atoms with Gasteiger partial charge in [-0.2, -0.15) is 0 Å². The summed E-state index contributed by atoms with van der Waals surface area (Å²) in [6, 6.07) is 9.23. The van der Waals surface area contributed by atoms with Crippen molar-refractivity contribution in [2.75, 3.05) is 39.4 Å². The van der Waals surface area contributed by atoms with E-state index in [1.54, 1.807) is 0 Å². The number of aliphatic hydroxyl groups is 1. The molecular formula is C19H30N2O2. The zero-order valence-electron chi connectivity index (χ0n) is 14.4. The van der Waals surface area contributed by atoms with Crippen molar-refractivity contribution >= 4 is 0 Å². The van der Waals surface area contributed by atoms with Crippen LogP contribution in [0.1, 0.15) is 36.8 Å². The first-order valence-electron chi connectivity index (χ1n) is 8.85. The average Bonchev–Trinajstić information content (AvgIpc) is 2.48. The summed E-state index contributed by atoms with van der Waals surface area (Å²) in [6.07, 6.45) is 2.36. The van der Waals surface area contributed by atoms with Gasteiger partial charge in [0.2, 0.25) is 0 Å². The standard InChI is InChI=1S/C19H30N2O2/c1-15-5-3-4-6-18(15)16-11-17(12-16)20-13-19(2,22)14-21-7-9-23-10-8-21/h3-6,16-17,20,22H,7-14H2,1-2H3. The third-order valence-corrected chi connectivity index (χ3v) is 5.21. The maximum absolute atomic E-state index is 10.6. The highest BCUT2D eigenvalue weighted by molar-refractivity contribution is 5.31. The molecule has 4 heteroatoms. The molecule has 0 spiro atoms. The molecule has 1 saturated heterocycles. The maximum Gasteiger partial charge on any atom is 0.0869 e. The van der Waals surface area contributed by atoms with Gasteiger partial charge in [-0.15, -0.1) is 0 Å². The van der Waals surface area contributed by atoms with Crippen LogP contribution in [0.2, 0.25) is 0 Å².